The molecule has 0 spiro atoms. The number of hydrogen-bond acceptors (Lipinski definition) is 2. The normalized spacial score (nSPS) is 13.0. The first-order valence-electron chi connectivity index (χ1n) is 6.18. The van der Waals surface area contributed by atoms with E-state index in [1.165, 1.54) is 10.0 Å². The largest absolute Gasteiger partial charge is 0.379 e. The van der Waals surface area contributed by atoms with Gasteiger partial charge in [0.15, 0.2) is 0 Å². The molecule has 1 atom stereocenters. The lowest BCUT2D eigenvalue weighted by molar-refractivity contribution is 0.0690. The first kappa shape index (κ1) is 14.7. The Labute approximate surface area is 113 Å². The van der Waals surface area contributed by atoms with Gasteiger partial charge in [-0.1, -0.05) is 34.1 Å². The summed E-state index contributed by atoms with van der Waals surface area (Å²) >= 11 is 3.57. The highest BCUT2D eigenvalue weighted by Crippen LogP contribution is 2.20. The molecule has 0 amide bonds. The van der Waals surface area contributed by atoms with Gasteiger partial charge in [0.25, 0.3) is 0 Å². The Bertz CT molecular complexity index is 328. The number of rotatable bonds is 7. The molecule has 0 bridgehead atoms. The fourth-order valence-corrected chi connectivity index (χ4v) is 2.20. The van der Waals surface area contributed by atoms with E-state index in [0.717, 1.165) is 19.4 Å². The Kier molecular flexibility index (Phi) is 6.78. The summed E-state index contributed by atoms with van der Waals surface area (Å²) in [5, 5.41) is 0. The van der Waals surface area contributed by atoms with Crippen LogP contribution in [-0.2, 0) is 11.2 Å². The molecule has 0 heterocycles. The summed E-state index contributed by atoms with van der Waals surface area (Å²) in [6.45, 7) is 5.63. The first-order valence-corrected chi connectivity index (χ1v) is 6.97. The predicted molar refractivity (Wildman–Crippen MR) is 76.1 cm³/mol. The Morgan fingerprint density at radius 2 is 2.00 bits per heavy atom. The molecule has 0 aromatic heterocycles. The zero-order valence-electron chi connectivity index (χ0n) is 10.7. The quantitative estimate of drug-likeness (QED) is 0.838. The molecule has 1 aromatic rings. The monoisotopic (exact) mass is 299 g/mol. The van der Waals surface area contributed by atoms with E-state index in [9.17, 15) is 0 Å². The van der Waals surface area contributed by atoms with Crippen molar-refractivity contribution in [1.82, 2.24) is 0 Å². The van der Waals surface area contributed by atoms with Crippen LogP contribution in [0.3, 0.4) is 0 Å². The molecule has 0 aliphatic heterocycles. The second-order valence-corrected chi connectivity index (χ2v) is 5.46. The van der Waals surface area contributed by atoms with E-state index >= 15 is 0 Å². The van der Waals surface area contributed by atoms with Crippen molar-refractivity contribution < 1.29 is 4.74 Å². The summed E-state index contributed by atoms with van der Waals surface area (Å²) in [6.07, 6.45) is 2.34. The molecule has 17 heavy (non-hydrogen) atoms. The molecule has 2 nitrogen and oxygen atoms in total. The van der Waals surface area contributed by atoms with E-state index in [1.807, 2.05) is 6.07 Å². The van der Waals surface area contributed by atoms with Crippen molar-refractivity contribution in [2.75, 3.05) is 13.2 Å². The molecule has 0 radical (unpaired) electrons. The summed E-state index contributed by atoms with van der Waals surface area (Å²) in [4.78, 5) is 0. The van der Waals surface area contributed by atoms with Gasteiger partial charge in [-0.3, -0.25) is 0 Å². The molecule has 0 saturated heterocycles. The van der Waals surface area contributed by atoms with Crippen LogP contribution < -0.4 is 5.73 Å². The van der Waals surface area contributed by atoms with Gasteiger partial charge in [0.05, 0.1) is 6.10 Å². The van der Waals surface area contributed by atoms with Gasteiger partial charge in [0.1, 0.15) is 0 Å². The molecule has 0 aliphatic rings. The third-order valence-electron chi connectivity index (χ3n) is 2.78. The number of nitrogens with two attached hydrogens (primary N) is 1. The Balaban J connectivity index is 2.44. The second-order valence-electron chi connectivity index (χ2n) is 4.61. The molecular formula is C14H22BrNO. The highest BCUT2D eigenvalue weighted by molar-refractivity contribution is 9.10. The van der Waals surface area contributed by atoms with Crippen LogP contribution in [0.1, 0.15) is 25.8 Å². The average Bonchev–Trinajstić information content (AvgIpc) is 2.30. The highest BCUT2D eigenvalue weighted by atomic mass is 79.9. The molecule has 0 fully saturated rings. The zero-order chi connectivity index (χ0) is 12.7. The standard InChI is InChI=1S/C14H22BrNO/c1-11(2)17-8-7-12(10-16)9-13-5-3-4-6-14(13)15/h3-6,11-12H,7-10,16H2,1-2H3. The number of ether oxygens (including phenoxy) is 1. The minimum Gasteiger partial charge on any atom is -0.379 e. The fourth-order valence-electron chi connectivity index (χ4n) is 1.75. The number of benzene rings is 1. The zero-order valence-corrected chi connectivity index (χ0v) is 12.2. The highest BCUT2D eigenvalue weighted by Gasteiger charge is 2.10. The van der Waals surface area contributed by atoms with Crippen molar-refractivity contribution in [3.05, 3.63) is 34.3 Å². The summed E-state index contributed by atoms with van der Waals surface area (Å²) in [6, 6.07) is 8.33. The lowest BCUT2D eigenvalue weighted by Crippen LogP contribution is -2.20. The van der Waals surface area contributed by atoms with Crippen LogP contribution in [0.4, 0.5) is 0 Å². The van der Waals surface area contributed by atoms with Crippen LogP contribution in [-0.4, -0.2) is 19.3 Å². The van der Waals surface area contributed by atoms with Crippen molar-refractivity contribution in [3.8, 4) is 0 Å². The summed E-state index contributed by atoms with van der Waals surface area (Å²) in [7, 11) is 0. The van der Waals surface area contributed by atoms with Gasteiger partial charge in [-0.2, -0.15) is 0 Å². The molecular weight excluding hydrogens is 278 g/mol. The van der Waals surface area contributed by atoms with E-state index in [2.05, 4.69) is 48.0 Å². The maximum atomic E-state index is 5.82. The summed E-state index contributed by atoms with van der Waals surface area (Å²) < 4.78 is 6.74. The predicted octanol–water partition coefficient (Wildman–Crippen LogP) is 3.38. The van der Waals surface area contributed by atoms with Crippen molar-refractivity contribution in [1.29, 1.82) is 0 Å². The lowest BCUT2D eigenvalue weighted by Gasteiger charge is -2.16. The van der Waals surface area contributed by atoms with E-state index in [1.54, 1.807) is 0 Å². The van der Waals surface area contributed by atoms with Crippen LogP contribution in [0.25, 0.3) is 0 Å². The van der Waals surface area contributed by atoms with E-state index < -0.39 is 0 Å². The van der Waals surface area contributed by atoms with Gasteiger partial charge >= 0.3 is 0 Å². The molecule has 3 heteroatoms. The topological polar surface area (TPSA) is 35.2 Å². The SMILES string of the molecule is CC(C)OCCC(CN)Cc1ccccc1Br. The van der Waals surface area contributed by atoms with Gasteiger partial charge < -0.3 is 10.5 Å². The number of halogens is 1. The van der Waals surface area contributed by atoms with Gasteiger partial charge in [-0.05, 0) is 50.8 Å². The van der Waals surface area contributed by atoms with Crippen LogP contribution in [0, 0.1) is 5.92 Å². The Morgan fingerprint density at radius 1 is 1.29 bits per heavy atom. The minimum absolute atomic E-state index is 0.303. The molecule has 96 valence electrons. The molecule has 1 rings (SSSR count). The lowest BCUT2D eigenvalue weighted by atomic mass is 9.97. The van der Waals surface area contributed by atoms with Crippen LogP contribution >= 0.6 is 15.9 Å². The molecule has 1 aromatic carbocycles. The third kappa shape index (κ3) is 5.66. The molecule has 0 aliphatic carbocycles. The second kappa shape index (κ2) is 7.85. The van der Waals surface area contributed by atoms with E-state index in [4.69, 9.17) is 10.5 Å². The number of hydrogen-bond donors (Lipinski definition) is 1. The maximum absolute atomic E-state index is 5.82. The molecule has 0 saturated carbocycles. The maximum Gasteiger partial charge on any atom is 0.0518 e. The first-order chi connectivity index (χ1) is 8.13. The minimum atomic E-state index is 0.303. The van der Waals surface area contributed by atoms with Crippen LogP contribution in [0.2, 0.25) is 0 Å². The van der Waals surface area contributed by atoms with E-state index in [-0.39, 0.29) is 0 Å². The van der Waals surface area contributed by atoms with Crippen LogP contribution in [0.15, 0.2) is 28.7 Å². The molecule has 1 unspecified atom stereocenters. The van der Waals surface area contributed by atoms with Gasteiger partial charge in [-0.25, -0.2) is 0 Å². The Hall–Kier alpha value is -0.380. The summed E-state index contributed by atoms with van der Waals surface area (Å²) in [5.74, 6) is 0.493. The van der Waals surface area contributed by atoms with Crippen molar-refractivity contribution >= 4 is 15.9 Å². The van der Waals surface area contributed by atoms with Crippen molar-refractivity contribution in [2.45, 2.75) is 32.8 Å². The van der Waals surface area contributed by atoms with Gasteiger partial charge in [0.2, 0.25) is 0 Å². The van der Waals surface area contributed by atoms with Gasteiger partial charge in [-0.15, -0.1) is 0 Å². The van der Waals surface area contributed by atoms with Crippen molar-refractivity contribution in [3.63, 3.8) is 0 Å². The van der Waals surface area contributed by atoms with Crippen LogP contribution in [0.5, 0.6) is 0 Å². The van der Waals surface area contributed by atoms with Crippen molar-refractivity contribution in [2.24, 2.45) is 11.7 Å². The summed E-state index contributed by atoms with van der Waals surface area (Å²) in [5.41, 5.74) is 7.14. The fraction of sp³-hybridized carbons (Fsp3) is 0.571. The van der Waals surface area contributed by atoms with E-state index in [0.29, 0.717) is 18.6 Å². The Morgan fingerprint density at radius 3 is 2.59 bits per heavy atom. The molecule has 2 N–H and O–H groups in total. The average molecular weight is 300 g/mol. The smallest absolute Gasteiger partial charge is 0.0518 e. The third-order valence-corrected chi connectivity index (χ3v) is 3.55. The van der Waals surface area contributed by atoms with Gasteiger partial charge in [0, 0.05) is 11.1 Å².